The Balaban J connectivity index is 2.43. The molecule has 0 aromatic heterocycles. The summed E-state index contributed by atoms with van der Waals surface area (Å²) in [5, 5.41) is 0.130. The highest BCUT2D eigenvalue weighted by atomic mass is 35.5. The molecule has 2 rings (SSSR count). The number of para-hydroxylation sites is 2. The molecule has 0 unspecified atom stereocenters. The Morgan fingerprint density at radius 1 is 0.833 bits per heavy atom. The Morgan fingerprint density at radius 3 is 1.67 bits per heavy atom. The molecule has 0 aliphatic carbocycles. The van der Waals surface area contributed by atoms with Crippen LogP contribution in [0.3, 0.4) is 0 Å². The lowest BCUT2D eigenvalue weighted by molar-refractivity contribution is 0.338. The molecule has 0 bridgehead atoms. The van der Waals surface area contributed by atoms with Gasteiger partial charge in [0, 0.05) is 0 Å². The van der Waals surface area contributed by atoms with E-state index in [1.165, 1.54) is 0 Å². The van der Waals surface area contributed by atoms with Gasteiger partial charge in [-0.2, -0.15) is 0 Å². The maximum atomic E-state index is 5.60. The van der Waals surface area contributed by atoms with E-state index in [2.05, 4.69) is 0 Å². The van der Waals surface area contributed by atoms with Crippen LogP contribution < -0.4 is 9.47 Å². The predicted molar refractivity (Wildman–Crippen MR) is 46.4 cm³/mol. The molecule has 1 aromatic rings. The first-order chi connectivity index (χ1) is 5.77. The van der Waals surface area contributed by atoms with Gasteiger partial charge in [0.05, 0.1) is 0 Å². The van der Waals surface area contributed by atoms with Crippen molar-refractivity contribution in [3.05, 3.63) is 34.7 Å². The van der Waals surface area contributed by atoms with Gasteiger partial charge in [0.1, 0.15) is 0 Å². The Kier molecular flexibility index (Phi) is 1.87. The van der Waals surface area contributed by atoms with E-state index >= 15 is 0 Å². The molecule has 62 valence electrons. The van der Waals surface area contributed by atoms with E-state index in [9.17, 15) is 0 Å². The summed E-state index contributed by atoms with van der Waals surface area (Å²) < 4.78 is 10.3. The summed E-state index contributed by atoms with van der Waals surface area (Å²) in [6, 6.07) is 7.15. The normalized spacial score (nSPS) is 14.8. The van der Waals surface area contributed by atoms with E-state index in [0.717, 1.165) is 0 Å². The molecule has 12 heavy (non-hydrogen) atoms. The number of rotatable bonds is 0. The Labute approximate surface area is 79.3 Å². The topological polar surface area (TPSA) is 18.5 Å². The standard InChI is InChI=1S/C8H4Cl2O2/c9-7-8(10)12-6-4-2-1-3-5(6)11-7/h1-4H. The third kappa shape index (κ3) is 1.24. The lowest BCUT2D eigenvalue weighted by Crippen LogP contribution is -2.04. The van der Waals surface area contributed by atoms with Gasteiger partial charge in [0.25, 0.3) is 0 Å². The molecule has 0 spiro atoms. The van der Waals surface area contributed by atoms with Gasteiger partial charge in [-0.05, 0) is 35.3 Å². The Hall–Kier alpha value is -0.860. The fourth-order valence-corrected chi connectivity index (χ4v) is 1.14. The maximum absolute atomic E-state index is 5.60. The first kappa shape index (κ1) is 7.77. The van der Waals surface area contributed by atoms with Crippen LogP contribution in [0.5, 0.6) is 11.5 Å². The first-order valence-electron chi connectivity index (χ1n) is 3.27. The molecule has 4 heteroatoms. The smallest absolute Gasteiger partial charge is 0.248 e. The van der Waals surface area contributed by atoms with Crippen LogP contribution in [-0.2, 0) is 0 Å². The van der Waals surface area contributed by atoms with Crippen molar-refractivity contribution in [1.82, 2.24) is 0 Å². The molecule has 1 heterocycles. The van der Waals surface area contributed by atoms with E-state index in [1.54, 1.807) is 12.1 Å². The third-order valence-electron chi connectivity index (χ3n) is 1.40. The zero-order valence-corrected chi connectivity index (χ0v) is 7.39. The van der Waals surface area contributed by atoms with Crippen LogP contribution in [0.2, 0.25) is 0 Å². The average Bonchev–Trinajstić information content (AvgIpc) is 2.07. The third-order valence-corrected chi connectivity index (χ3v) is 2.00. The number of benzene rings is 1. The minimum Gasteiger partial charge on any atom is -0.437 e. The van der Waals surface area contributed by atoms with Crippen LogP contribution >= 0.6 is 23.2 Å². The van der Waals surface area contributed by atoms with Crippen molar-refractivity contribution in [3.8, 4) is 11.5 Å². The van der Waals surface area contributed by atoms with Gasteiger partial charge in [-0.1, -0.05) is 12.1 Å². The molecular formula is C8H4Cl2O2. The SMILES string of the molecule is ClC1=C(Cl)Oc2ccccc2O1. The van der Waals surface area contributed by atoms with Crippen molar-refractivity contribution in [3.63, 3.8) is 0 Å². The number of halogens is 2. The van der Waals surface area contributed by atoms with Crippen LogP contribution in [0, 0.1) is 0 Å². The summed E-state index contributed by atoms with van der Waals surface area (Å²) in [5.41, 5.74) is 0. The molecule has 0 saturated heterocycles. The number of hydrogen-bond acceptors (Lipinski definition) is 2. The second kappa shape index (κ2) is 2.88. The highest BCUT2D eigenvalue weighted by molar-refractivity contribution is 6.37. The molecule has 1 aliphatic rings. The lowest BCUT2D eigenvalue weighted by Gasteiger charge is -2.16. The fraction of sp³-hybridized carbons (Fsp3) is 0. The van der Waals surface area contributed by atoms with E-state index in [0.29, 0.717) is 11.5 Å². The molecule has 1 aliphatic heterocycles. The minimum absolute atomic E-state index is 0.0652. The van der Waals surface area contributed by atoms with Crippen LogP contribution in [-0.4, -0.2) is 0 Å². The molecular weight excluding hydrogens is 199 g/mol. The second-order valence-corrected chi connectivity index (χ2v) is 2.88. The molecule has 0 radical (unpaired) electrons. The van der Waals surface area contributed by atoms with Gasteiger partial charge in [-0.3, -0.25) is 0 Å². The Bertz CT molecular complexity index is 314. The van der Waals surface area contributed by atoms with Crippen molar-refractivity contribution >= 4 is 23.2 Å². The van der Waals surface area contributed by atoms with Crippen molar-refractivity contribution in [2.45, 2.75) is 0 Å². The summed E-state index contributed by atoms with van der Waals surface area (Å²) in [6.07, 6.45) is 0. The van der Waals surface area contributed by atoms with Crippen LogP contribution in [0.25, 0.3) is 0 Å². The van der Waals surface area contributed by atoms with Gasteiger partial charge >= 0.3 is 0 Å². The van der Waals surface area contributed by atoms with Crippen LogP contribution in [0.1, 0.15) is 0 Å². The highest BCUT2D eigenvalue weighted by Crippen LogP contribution is 2.36. The zero-order chi connectivity index (χ0) is 8.55. The second-order valence-electron chi connectivity index (χ2n) is 2.20. The van der Waals surface area contributed by atoms with Gasteiger partial charge < -0.3 is 9.47 Å². The van der Waals surface area contributed by atoms with Gasteiger partial charge in [-0.25, -0.2) is 0 Å². The molecule has 2 nitrogen and oxygen atoms in total. The quantitative estimate of drug-likeness (QED) is 0.644. The molecule has 0 fully saturated rings. The number of fused-ring (bicyclic) bond motifs is 1. The summed E-state index contributed by atoms with van der Waals surface area (Å²) in [5.74, 6) is 1.15. The summed E-state index contributed by atoms with van der Waals surface area (Å²) in [4.78, 5) is 0. The van der Waals surface area contributed by atoms with Crippen molar-refractivity contribution in [1.29, 1.82) is 0 Å². The molecule has 1 aromatic carbocycles. The predicted octanol–water partition coefficient (Wildman–Crippen LogP) is 3.06. The van der Waals surface area contributed by atoms with Crippen molar-refractivity contribution < 1.29 is 9.47 Å². The van der Waals surface area contributed by atoms with Crippen molar-refractivity contribution in [2.75, 3.05) is 0 Å². The monoisotopic (exact) mass is 202 g/mol. The molecule has 0 amide bonds. The van der Waals surface area contributed by atoms with Crippen LogP contribution in [0.15, 0.2) is 34.7 Å². The highest BCUT2D eigenvalue weighted by Gasteiger charge is 2.17. The Morgan fingerprint density at radius 2 is 1.25 bits per heavy atom. The van der Waals surface area contributed by atoms with E-state index in [4.69, 9.17) is 32.7 Å². The summed E-state index contributed by atoms with van der Waals surface area (Å²) in [7, 11) is 0. The molecule has 0 atom stereocenters. The van der Waals surface area contributed by atoms with E-state index in [-0.39, 0.29) is 10.4 Å². The lowest BCUT2D eigenvalue weighted by atomic mass is 10.3. The molecule has 0 N–H and O–H groups in total. The summed E-state index contributed by atoms with van der Waals surface area (Å²) in [6.45, 7) is 0. The van der Waals surface area contributed by atoms with Crippen LogP contribution in [0.4, 0.5) is 0 Å². The largest absolute Gasteiger partial charge is 0.437 e. The first-order valence-corrected chi connectivity index (χ1v) is 4.03. The zero-order valence-electron chi connectivity index (χ0n) is 5.88. The summed E-state index contributed by atoms with van der Waals surface area (Å²) >= 11 is 11.2. The van der Waals surface area contributed by atoms with Gasteiger partial charge in [-0.15, -0.1) is 0 Å². The van der Waals surface area contributed by atoms with E-state index < -0.39 is 0 Å². The number of ether oxygens (including phenoxy) is 2. The van der Waals surface area contributed by atoms with Crippen molar-refractivity contribution in [2.24, 2.45) is 0 Å². The van der Waals surface area contributed by atoms with Gasteiger partial charge in [0.15, 0.2) is 11.5 Å². The van der Waals surface area contributed by atoms with Gasteiger partial charge in [0.2, 0.25) is 10.4 Å². The fourth-order valence-electron chi connectivity index (χ4n) is 0.892. The molecule has 0 saturated carbocycles. The number of hydrogen-bond donors (Lipinski definition) is 0. The average molecular weight is 203 g/mol. The maximum Gasteiger partial charge on any atom is 0.248 e. The van der Waals surface area contributed by atoms with E-state index in [1.807, 2.05) is 12.1 Å². The minimum atomic E-state index is 0.0652.